The minimum Gasteiger partial charge on any atom is -0.304 e. The first kappa shape index (κ1) is 29.5. The molecular weight excluding hydrogens is 526 g/mol. The average Bonchev–Trinajstić information content (AvgIpc) is 3.19. The molecule has 3 aromatic carbocycles. The van der Waals surface area contributed by atoms with Crippen molar-refractivity contribution in [2.24, 2.45) is 5.92 Å². The van der Waals surface area contributed by atoms with Crippen molar-refractivity contribution >= 4 is 31.8 Å². The Balaban J connectivity index is 0.000000223. The quantitative estimate of drug-likeness (QED) is 0.359. The lowest BCUT2D eigenvalue weighted by atomic mass is 10.0. The zero-order chi connectivity index (χ0) is 28.3. The molecule has 1 amide bonds. The minimum absolute atomic E-state index is 0.0637. The number of nitrogens with zero attached hydrogens (tertiary/aromatic N) is 1. The fourth-order valence-corrected chi connectivity index (χ4v) is 5.13. The molecule has 0 fully saturated rings. The summed E-state index contributed by atoms with van der Waals surface area (Å²) in [7, 11) is -8.11. The molecule has 8 nitrogen and oxygen atoms in total. The highest BCUT2D eigenvalue weighted by Crippen LogP contribution is 2.30. The van der Waals surface area contributed by atoms with E-state index < -0.39 is 30.7 Å². The highest BCUT2D eigenvalue weighted by molar-refractivity contribution is 7.86. The first-order valence-electron chi connectivity index (χ1n) is 12.2. The molecule has 4 rings (SSSR count). The summed E-state index contributed by atoms with van der Waals surface area (Å²) in [6.07, 6.45) is 0.973. The van der Waals surface area contributed by atoms with Gasteiger partial charge >= 0.3 is 0 Å². The number of carbonyl (C=O) groups is 1. The Bertz CT molecular complexity index is 1480. The molecule has 0 bridgehead atoms. The van der Waals surface area contributed by atoms with Crippen LogP contribution in [0.3, 0.4) is 0 Å². The Morgan fingerprint density at radius 3 is 1.66 bits per heavy atom. The minimum atomic E-state index is -4.12. The lowest BCUT2D eigenvalue weighted by Gasteiger charge is -2.17. The Kier molecular flexibility index (Phi) is 9.14. The maximum atomic E-state index is 12.4. The van der Waals surface area contributed by atoms with E-state index in [1.807, 2.05) is 30.3 Å². The Hall–Kier alpha value is -3.05. The Morgan fingerprint density at radius 2 is 1.21 bits per heavy atom. The molecule has 2 N–H and O–H groups in total. The molecule has 0 saturated carbocycles. The van der Waals surface area contributed by atoms with E-state index in [2.05, 4.69) is 13.8 Å². The molecule has 10 heteroatoms. The molecule has 2 unspecified atom stereocenters. The molecule has 0 aromatic heterocycles. The van der Waals surface area contributed by atoms with Gasteiger partial charge in [0.1, 0.15) is 10.5 Å². The van der Waals surface area contributed by atoms with E-state index in [0.29, 0.717) is 34.8 Å². The van der Waals surface area contributed by atoms with E-state index in [-0.39, 0.29) is 5.91 Å². The van der Waals surface area contributed by atoms with Gasteiger partial charge in [-0.15, -0.1) is 0 Å². The van der Waals surface area contributed by atoms with Crippen molar-refractivity contribution < 1.29 is 30.7 Å². The topological polar surface area (TPSA) is 129 Å². The highest BCUT2D eigenvalue weighted by atomic mass is 32.2. The summed E-state index contributed by atoms with van der Waals surface area (Å²) >= 11 is 0. The molecular formula is C28H33NO7S2. The van der Waals surface area contributed by atoms with Gasteiger partial charge in [0, 0.05) is 11.3 Å². The third kappa shape index (κ3) is 7.28. The molecule has 0 spiro atoms. The number of anilines is 1. The smallest absolute Gasteiger partial charge is 0.271 e. The van der Waals surface area contributed by atoms with Crippen molar-refractivity contribution in [1.82, 2.24) is 0 Å². The van der Waals surface area contributed by atoms with E-state index in [0.717, 1.165) is 12.0 Å². The fraction of sp³-hybridized carbons (Fsp3) is 0.321. The maximum absolute atomic E-state index is 12.4. The average molecular weight is 560 g/mol. The number of amides is 1. The van der Waals surface area contributed by atoms with Gasteiger partial charge in [-0.05, 0) is 66.6 Å². The molecule has 0 aliphatic carbocycles. The third-order valence-corrected chi connectivity index (χ3v) is 8.81. The summed E-state index contributed by atoms with van der Waals surface area (Å²) in [5.74, 6) is 0.510. The second kappa shape index (κ2) is 11.8. The molecule has 2 atom stereocenters. The van der Waals surface area contributed by atoms with Crippen LogP contribution >= 0.6 is 0 Å². The number of rotatable bonds is 7. The van der Waals surface area contributed by atoms with Gasteiger partial charge in [-0.1, -0.05) is 68.4 Å². The normalized spacial score (nSPS) is 15.0. The molecule has 1 heterocycles. The van der Waals surface area contributed by atoms with Crippen LogP contribution in [-0.2, 0) is 33.2 Å². The summed E-state index contributed by atoms with van der Waals surface area (Å²) in [4.78, 5) is 14.0. The number of hydrogen-bond donors (Lipinski definition) is 2. The van der Waals surface area contributed by atoms with Crippen molar-refractivity contribution in [2.45, 2.75) is 51.2 Å². The highest BCUT2D eigenvalue weighted by Gasteiger charge is 2.28. The van der Waals surface area contributed by atoms with Gasteiger partial charge < -0.3 is 4.90 Å². The molecule has 204 valence electrons. The Labute approximate surface area is 224 Å². The lowest BCUT2D eigenvalue weighted by molar-refractivity contribution is 0.0996. The molecule has 1 aliphatic rings. The second-order valence-electron chi connectivity index (χ2n) is 9.79. The summed E-state index contributed by atoms with van der Waals surface area (Å²) in [6.45, 7) is 7.67. The third-order valence-electron chi connectivity index (χ3n) is 6.48. The van der Waals surface area contributed by atoms with Crippen LogP contribution in [0, 0.1) is 5.92 Å². The van der Waals surface area contributed by atoms with E-state index in [1.54, 1.807) is 47.4 Å². The largest absolute Gasteiger partial charge is 0.304 e. The van der Waals surface area contributed by atoms with Gasteiger partial charge in [0.2, 0.25) is 0 Å². The predicted molar refractivity (Wildman–Crippen MR) is 148 cm³/mol. The van der Waals surface area contributed by atoms with Gasteiger partial charge in [-0.3, -0.25) is 13.9 Å². The summed E-state index contributed by atoms with van der Waals surface area (Å²) in [5, 5.41) is -1.85. The summed E-state index contributed by atoms with van der Waals surface area (Å²) in [5.41, 5.74) is 4.65. The van der Waals surface area contributed by atoms with Gasteiger partial charge in [0.25, 0.3) is 26.1 Å². The summed E-state index contributed by atoms with van der Waals surface area (Å²) < 4.78 is 62.2. The van der Waals surface area contributed by atoms with Crippen LogP contribution in [0.5, 0.6) is 0 Å². The van der Waals surface area contributed by atoms with Crippen LogP contribution in [0.15, 0.2) is 72.8 Å². The van der Waals surface area contributed by atoms with Crippen molar-refractivity contribution in [3.8, 4) is 0 Å². The number of fused-ring (bicyclic) bond motifs is 1. The van der Waals surface area contributed by atoms with Gasteiger partial charge in [-0.25, -0.2) is 0 Å². The Morgan fingerprint density at radius 1 is 0.737 bits per heavy atom. The first-order valence-corrected chi connectivity index (χ1v) is 15.2. The number of benzene rings is 3. The van der Waals surface area contributed by atoms with Gasteiger partial charge in [0.15, 0.2) is 0 Å². The van der Waals surface area contributed by atoms with Crippen LogP contribution in [0.1, 0.15) is 70.8 Å². The van der Waals surface area contributed by atoms with Crippen LogP contribution in [0.25, 0.3) is 0 Å². The van der Waals surface area contributed by atoms with Crippen LogP contribution in [0.4, 0.5) is 5.69 Å². The van der Waals surface area contributed by atoms with Crippen LogP contribution < -0.4 is 4.90 Å². The standard InChI is InChI=1S/C16H15NO4S.C12H18O3S/c1-11(22(19,20)21)12-6-8-14(9-7-12)17-10-13-4-2-3-5-15(13)16(17)18;1-9(2)8-11-4-6-12(7-5-11)10(3)16(13,14)15/h2-9,11H,10H2,1H3,(H,19,20,21);4-7,9-10H,8H2,1-3H3,(H,13,14,15). The molecule has 3 aromatic rings. The van der Waals surface area contributed by atoms with Crippen LogP contribution in [-0.4, -0.2) is 31.8 Å². The fourth-order valence-electron chi connectivity index (χ4n) is 4.13. The second-order valence-corrected chi connectivity index (χ2v) is 13.3. The van der Waals surface area contributed by atoms with Gasteiger partial charge in [0.05, 0.1) is 6.54 Å². The molecule has 0 saturated heterocycles. The maximum Gasteiger partial charge on any atom is 0.271 e. The first-order chi connectivity index (χ1) is 17.7. The number of hydrogen-bond acceptors (Lipinski definition) is 5. The summed E-state index contributed by atoms with van der Waals surface area (Å²) in [6, 6.07) is 21.4. The SMILES string of the molecule is CC(C)Cc1ccc(C(C)S(=O)(=O)O)cc1.CC(c1ccc(N2Cc3ccccc3C2=O)cc1)S(=O)(=O)O. The van der Waals surface area contributed by atoms with E-state index in [4.69, 9.17) is 9.11 Å². The molecule has 38 heavy (non-hydrogen) atoms. The van der Waals surface area contributed by atoms with E-state index in [9.17, 15) is 21.6 Å². The van der Waals surface area contributed by atoms with Crippen molar-refractivity contribution in [3.63, 3.8) is 0 Å². The van der Waals surface area contributed by atoms with Crippen molar-refractivity contribution in [1.29, 1.82) is 0 Å². The lowest BCUT2D eigenvalue weighted by Crippen LogP contribution is -2.23. The van der Waals surface area contributed by atoms with Crippen molar-refractivity contribution in [2.75, 3.05) is 4.90 Å². The van der Waals surface area contributed by atoms with Crippen molar-refractivity contribution in [3.05, 3.63) is 101 Å². The molecule has 1 aliphatic heterocycles. The van der Waals surface area contributed by atoms with Gasteiger partial charge in [-0.2, -0.15) is 16.8 Å². The number of carbonyl (C=O) groups excluding carboxylic acids is 1. The monoisotopic (exact) mass is 559 g/mol. The predicted octanol–water partition coefficient (Wildman–Crippen LogP) is 5.63. The zero-order valence-electron chi connectivity index (χ0n) is 21.8. The van der Waals surface area contributed by atoms with E-state index >= 15 is 0 Å². The van der Waals surface area contributed by atoms with E-state index in [1.165, 1.54) is 19.4 Å². The zero-order valence-corrected chi connectivity index (χ0v) is 23.4. The molecule has 0 radical (unpaired) electrons. The van der Waals surface area contributed by atoms with Crippen LogP contribution in [0.2, 0.25) is 0 Å².